The fourth-order valence-electron chi connectivity index (χ4n) is 4.38. The Morgan fingerprint density at radius 2 is 2.00 bits per heavy atom. The number of rotatable bonds is 4. The quantitative estimate of drug-likeness (QED) is 0.909. The van der Waals surface area contributed by atoms with E-state index in [9.17, 15) is 5.11 Å². The SMILES string of the molecule is Cn1c(CN2CCOC[C@@H]2[C@@H]2CCC[C@@H]2O)nnc1C1CCC1. The predicted molar refractivity (Wildman–Crippen MR) is 86.0 cm³/mol. The molecule has 6 heteroatoms. The largest absolute Gasteiger partial charge is 0.393 e. The second-order valence-corrected chi connectivity index (χ2v) is 7.44. The summed E-state index contributed by atoms with van der Waals surface area (Å²) in [7, 11) is 2.10. The van der Waals surface area contributed by atoms with Crippen LogP contribution in [0.4, 0.5) is 0 Å². The number of aromatic nitrogens is 3. The zero-order valence-corrected chi connectivity index (χ0v) is 14.0. The molecular formula is C17H28N4O2. The van der Waals surface area contributed by atoms with Crippen LogP contribution in [0, 0.1) is 5.92 Å². The van der Waals surface area contributed by atoms with E-state index >= 15 is 0 Å². The van der Waals surface area contributed by atoms with Gasteiger partial charge in [-0.3, -0.25) is 4.90 Å². The Morgan fingerprint density at radius 3 is 2.70 bits per heavy atom. The van der Waals surface area contributed by atoms with Crippen LogP contribution >= 0.6 is 0 Å². The molecule has 1 aromatic heterocycles. The van der Waals surface area contributed by atoms with Crippen molar-refractivity contribution >= 4 is 0 Å². The van der Waals surface area contributed by atoms with E-state index in [1.54, 1.807) is 0 Å². The highest BCUT2D eigenvalue weighted by Gasteiger charge is 2.38. The minimum absolute atomic E-state index is 0.172. The van der Waals surface area contributed by atoms with Crippen molar-refractivity contribution in [1.29, 1.82) is 0 Å². The third-order valence-corrected chi connectivity index (χ3v) is 6.12. The van der Waals surface area contributed by atoms with E-state index in [1.165, 1.54) is 19.3 Å². The molecule has 2 aliphatic carbocycles. The van der Waals surface area contributed by atoms with E-state index in [-0.39, 0.29) is 6.10 Å². The topological polar surface area (TPSA) is 63.4 Å². The van der Waals surface area contributed by atoms with Gasteiger partial charge in [0.1, 0.15) is 11.6 Å². The third-order valence-electron chi connectivity index (χ3n) is 6.12. The van der Waals surface area contributed by atoms with Crippen molar-refractivity contribution in [2.75, 3.05) is 19.8 Å². The number of morpholine rings is 1. The molecule has 4 rings (SSSR count). The fourth-order valence-corrected chi connectivity index (χ4v) is 4.38. The van der Waals surface area contributed by atoms with Crippen molar-refractivity contribution < 1.29 is 9.84 Å². The van der Waals surface area contributed by atoms with Gasteiger partial charge in [0, 0.05) is 31.5 Å². The molecule has 0 radical (unpaired) electrons. The molecule has 1 aliphatic heterocycles. The molecule has 3 fully saturated rings. The highest BCUT2D eigenvalue weighted by Crippen LogP contribution is 2.36. The molecule has 0 bridgehead atoms. The smallest absolute Gasteiger partial charge is 0.146 e. The van der Waals surface area contributed by atoms with E-state index < -0.39 is 0 Å². The van der Waals surface area contributed by atoms with Crippen LogP contribution in [0.5, 0.6) is 0 Å². The van der Waals surface area contributed by atoms with Crippen molar-refractivity contribution in [3.05, 3.63) is 11.6 Å². The number of aliphatic hydroxyl groups is 1. The maximum Gasteiger partial charge on any atom is 0.146 e. The highest BCUT2D eigenvalue weighted by atomic mass is 16.5. The normalized spacial score (nSPS) is 33.0. The molecule has 23 heavy (non-hydrogen) atoms. The summed E-state index contributed by atoms with van der Waals surface area (Å²) < 4.78 is 7.91. The molecule has 1 N–H and O–H groups in total. The average Bonchev–Trinajstić information content (AvgIpc) is 3.07. The first-order valence-corrected chi connectivity index (χ1v) is 9.12. The number of hydrogen-bond donors (Lipinski definition) is 1. The summed E-state index contributed by atoms with van der Waals surface area (Å²) in [5.74, 6) is 3.15. The van der Waals surface area contributed by atoms with Crippen LogP contribution in [0.3, 0.4) is 0 Å². The Balaban J connectivity index is 1.48. The molecule has 1 saturated heterocycles. The van der Waals surface area contributed by atoms with Gasteiger partial charge in [-0.05, 0) is 25.7 Å². The molecule has 2 heterocycles. The number of hydrogen-bond acceptors (Lipinski definition) is 5. The number of nitrogens with zero attached hydrogens (tertiary/aromatic N) is 4. The molecule has 3 aliphatic rings. The van der Waals surface area contributed by atoms with Crippen molar-refractivity contribution in [1.82, 2.24) is 19.7 Å². The van der Waals surface area contributed by atoms with E-state index in [1.807, 2.05) is 0 Å². The summed E-state index contributed by atoms with van der Waals surface area (Å²) in [4.78, 5) is 2.46. The monoisotopic (exact) mass is 320 g/mol. The predicted octanol–water partition coefficient (Wildman–Crippen LogP) is 1.44. The van der Waals surface area contributed by atoms with Gasteiger partial charge in [0.15, 0.2) is 0 Å². The van der Waals surface area contributed by atoms with Gasteiger partial charge < -0.3 is 14.4 Å². The highest BCUT2D eigenvalue weighted by molar-refractivity contribution is 5.05. The molecule has 0 spiro atoms. The van der Waals surface area contributed by atoms with Gasteiger partial charge >= 0.3 is 0 Å². The minimum Gasteiger partial charge on any atom is -0.393 e. The molecule has 0 unspecified atom stereocenters. The minimum atomic E-state index is -0.172. The fraction of sp³-hybridized carbons (Fsp3) is 0.882. The lowest BCUT2D eigenvalue weighted by Gasteiger charge is -2.39. The standard InChI is InChI=1S/C17H28N4O2/c1-20-16(18-19-17(20)12-4-2-5-12)10-21-8-9-23-11-14(21)13-6-3-7-15(13)22/h12-15,22H,2-11H2,1H3/t13-,14+,15-/m0/s1. The Labute approximate surface area is 137 Å². The summed E-state index contributed by atoms with van der Waals surface area (Å²) in [5.41, 5.74) is 0. The molecule has 2 saturated carbocycles. The Bertz CT molecular complexity index is 543. The van der Waals surface area contributed by atoms with Crippen LogP contribution in [0.2, 0.25) is 0 Å². The summed E-state index contributed by atoms with van der Waals surface area (Å²) >= 11 is 0. The molecule has 0 aromatic carbocycles. The molecule has 1 aromatic rings. The van der Waals surface area contributed by atoms with Crippen LogP contribution in [0.15, 0.2) is 0 Å². The zero-order valence-electron chi connectivity index (χ0n) is 14.0. The summed E-state index contributed by atoms with van der Waals surface area (Å²) in [5, 5.41) is 19.2. The Kier molecular flexibility index (Phi) is 4.39. The van der Waals surface area contributed by atoms with Crippen molar-refractivity contribution in [2.45, 2.75) is 63.1 Å². The van der Waals surface area contributed by atoms with E-state index in [0.29, 0.717) is 17.9 Å². The molecule has 6 nitrogen and oxygen atoms in total. The summed E-state index contributed by atoms with van der Waals surface area (Å²) in [6.45, 7) is 3.23. The van der Waals surface area contributed by atoms with Crippen molar-refractivity contribution in [3.8, 4) is 0 Å². The average molecular weight is 320 g/mol. The molecular weight excluding hydrogens is 292 g/mol. The summed E-state index contributed by atoms with van der Waals surface area (Å²) in [6, 6.07) is 0.310. The molecule has 128 valence electrons. The van der Waals surface area contributed by atoms with E-state index in [0.717, 1.165) is 57.2 Å². The lowest BCUT2D eigenvalue weighted by atomic mass is 9.85. The number of ether oxygens (including phenoxy) is 1. The second kappa shape index (κ2) is 6.49. The van der Waals surface area contributed by atoms with Crippen molar-refractivity contribution in [2.24, 2.45) is 13.0 Å². The third kappa shape index (κ3) is 2.92. The molecule has 0 amide bonds. The summed E-state index contributed by atoms with van der Waals surface area (Å²) in [6.07, 6.45) is 6.82. The second-order valence-electron chi connectivity index (χ2n) is 7.44. The van der Waals surface area contributed by atoms with E-state index in [4.69, 9.17) is 4.74 Å². The van der Waals surface area contributed by atoms with Crippen LogP contribution in [-0.2, 0) is 18.3 Å². The maximum absolute atomic E-state index is 10.3. The van der Waals surface area contributed by atoms with Gasteiger partial charge in [0.25, 0.3) is 0 Å². The first-order valence-electron chi connectivity index (χ1n) is 9.12. The maximum atomic E-state index is 10.3. The van der Waals surface area contributed by atoms with E-state index in [2.05, 4.69) is 26.7 Å². The van der Waals surface area contributed by atoms with Gasteiger partial charge in [0.05, 0.1) is 25.9 Å². The lowest BCUT2D eigenvalue weighted by molar-refractivity contribution is -0.0548. The van der Waals surface area contributed by atoms with Gasteiger partial charge in [-0.15, -0.1) is 10.2 Å². The van der Waals surface area contributed by atoms with Crippen molar-refractivity contribution in [3.63, 3.8) is 0 Å². The van der Waals surface area contributed by atoms with Crippen LogP contribution in [-0.4, -0.2) is 56.7 Å². The first kappa shape index (κ1) is 15.5. The first-order chi connectivity index (χ1) is 11.2. The van der Waals surface area contributed by atoms with Crippen LogP contribution in [0.1, 0.15) is 56.1 Å². The zero-order chi connectivity index (χ0) is 15.8. The Hall–Kier alpha value is -0.980. The van der Waals surface area contributed by atoms with Gasteiger partial charge in [0.2, 0.25) is 0 Å². The lowest BCUT2D eigenvalue weighted by Crippen LogP contribution is -2.50. The Morgan fingerprint density at radius 1 is 1.17 bits per heavy atom. The molecule has 3 atom stereocenters. The van der Waals surface area contributed by atoms with Gasteiger partial charge in [-0.1, -0.05) is 12.8 Å². The van der Waals surface area contributed by atoms with Crippen LogP contribution in [0.25, 0.3) is 0 Å². The van der Waals surface area contributed by atoms with Gasteiger partial charge in [-0.25, -0.2) is 0 Å². The number of aliphatic hydroxyl groups excluding tert-OH is 1. The van der Waals surface area contributed by atoms with Gasteiger partial charge in [-0.2, -0.15) is 0 Å². The van der Waals surface area contributed by atoms with Crippen LogP contribution < -0.4 is 0 Å².